The first-order chi connectivity index (χ1) is 13.9. The molecule has 0 bridgehead atoms. The zero-order valence-electron chi connectivity index (χ0n) is 15.3. The number of ether oxygens (including phenoxy) is 1. The quantitative estimate of drug-likeness (QED) is 0.516. The molecule has 0 aliphatic heterocycles. The largest absolute Gasteiger partial charge is 0.489 e. The van der Waals surface area contributed by atoms with Gasteiger partial charge < -0.3 is 10.1 Å². The lowest BCUT2D eigenvalue weighted by Crippen LogP contribution is -2.13. The van der Waals surface area contributed by atoms with Crippen molar-refractivity contribution in [2.24, 2.45) is 0 Å². The van der Waals surface area contributed by atoms with Gasteiger partial charge >= 0.3 is 6.18 Å². The topological polar surface area (TPSA) is 107 Å². The predicted octanol–water partition coefficient (Wildman–Crippen LogP) is 4.47. The third kappa shape index (κ3) is 5.15. The molecule has 3 heterocycles. The summed E-state index contributed by atoms with van der Waals surface area (Å²) in [5, 5.41) is 2.44. The van der Waals surface area contributed by atoms with E-state index in [9.17, 15) is 21.6 Å². The van der Waals surface area contributed by atoms with E-state index in [1.54, 1.807) is 12.1 Å². The number of alkyl halides is 3. The van der Waals surface area contributed by atoms with E-state index in [-0.39, 0.29) is 17.1 Å². The van der Waals surface area contributed by atoms with Gasteiger partial charge in [0, 0.05) is 28.4 Å². The van der Waals surface area contributed by atoms with Crippen LogP contribution < -0.4 is 10.1 Å². The zero-order chi connectivity index (χ0) is 22.1. The smallest absolute Gasteiger partial charge is 0.417 e. The van der Waals surface area contributed by atoms with Crippen molar-refractivity contribution in [2.75, 3.05) is 5.32 Å². The summed E-state index contributed by atoms with van der Waals surface area (Å²) in [6.07, 6.45) is -2.69. The van der Waals surface area contributed by atoms with Crippen LogP contribution in [-0.4, -0.2) is 33.8 Å². The van der Waals surface area contributed by atoms with Crippen LogP contribution in [0.15, 0.2) is 35.5 Å². The molecule has 160 valence electrons. The van der Waals surface area contributed by atoms with Crippen LogP contribution in [0.25, 0.3) is 11.5 Å². The van der Waals surface area contributed by atoms with Crippen molar-refractivity contribution in [3.8, 4) is 17.3 Å². The Morgan fingerprint density at radius 3 is 2.50 bits per heavy atom. The maximum Gasteiger partial charge on any atom is 0.417 e. The lowest BCUT2D eigenvalue weighted by Gasteiger charge is -2.13. The Bertz CT molecular complexity index is 1150. The summed E-state index contributed by atoms with van der Waals surface area (Å²) in [4.78, 5) is 10.8. The highest BCUT2D eigenvalue weighted by atomic mass is 35.7. The molecule has 3 rings (SSSR count). The number of anilines is 2. The second kappa shape index (κ2) is 8.32. The Balaban J connectivity index is 1.91. The van der Waals surface area contributed by atoms with E-state index >= 15 is 0 Å². The summed E-state index contributed by atoms with van der Waals surface area (Å²) in [5.74, 6) is 0.115. The van der Waals surface area contributed by atoms with E-state index < -0.39 is 31.5 Å². The molecule has 0 unspecified atom stereocenters. The molecule has 0 saturated carbocycles. The number of hydrogen-bond acceptors (Lipinski definition) is 9. The maximum absolute atomic E-state index is 13.2. The third-order valence-electron chi connectivity index (χ3n) is 3.44. The van der Waals surface area contributed by atoms with Gasteiger partial charge in [-0.1, -0.05) is 0 Å². The summed E-state index contributed by atoms with van der Waals surface area (Å²) >= 11 is 0.784. The molecule has 30 heavy (non-hydrogen) atoms. The van der Waals surface area contributed by atoms with Gasteiger partial charge in [0.15, 0.2) is 11.6 Å². The van der Waals surface area contributed by atoms with Crippen molar-refractivity contribution in [2.45, 2.75) is 31.0 Å². The molecule has 0 spiro atoms. The third-order valence-corrected chi connectivity index (χ3v) is 5.44. The fourth-order valence-corrected chi connectivity index (χ4v) is 4.17. The van der Waals surface area contributed by atoms with Crippen LogP contribution in [0.5, 0.6) is 5.75 Å². The summed E-state index contributed by atoms with van der Waals surface area (Å²) in [6, 6.07) is 3.81. The lowest BCUT2D eigenvalue weighted by molar-refractivity contribution is -0.139. The Kier molecular flexibility index (Phi) is 6.15. The van der Waals surface area contributed by atoms with Gasteiger partial charge in [-0.15, -0.1) is 0 Å². The molecule has 0 fully saturated rings. The molecule has 0 radical (unpaired) electrons. The minimum Gasteiger partial charge on any atom is -0.489 e. The monoisotopic (exact) mass is 479 g/mol. The minimum absolute atomic E-state index is 0.00250. The van der Waals surface area contributed by atoms with Gasteiger partial charge in [0.05, 0.1) is 17.9 Å². The second-order valence-corrected chi connectivity index (χ2v) is 9.32. The molecule has 3 aromatic rings. The van der Waals surface area contributed by atoms with Crippen molar-refractivity contribution in [3.05, 3.63) is 36.2 Å². The fourth-order valence-electron chi connectivity index (χ4n) is 2.34. The summed E-state index contributed by atoms with van der Waals surface area (Å²) < 4.78 is 72.7. The van der Waals surface area contributed by atoms with Crippen molar-refractivity contribution in [3.63, 3.8) is 0 Å². The number of hydrogen-bond donors (Lipinski definition) is 1. The summed E-state index contributed by atoms with van der Waals surface area (Å²) in [5.41, 5.74) is -1.06. The standard InChI is InChI=1S/C16H13ClF3N5O3S2/c1-8(2)28-9-3-4-11(22-7-9)13-23-15(29-25-13)24-14-12(30(17,26)27)10(5-6-21-14)16(18,19)20/h3-8H,1-2H3,(H,21,23,24,25). The Morgan fingerprint density at radius 1 is 1.20 bits per heavy atom. The van der Waals surface area contributed by atoms with Crippen LogP contribution in [0.2, 0.25) is 0 Å². The predicted molar refractivity (Wildman–Crippen MR) is 104 cm³/mol. The van der Waals surface area contributed by atoms with Gasteiger partial charge in [0.2, 0.25) is 5.13 Å². The highest BCUT2D eigenvalue weighted by molar-refractivity contribution is 8.14. The van der Waals surface area contributed by atoms with E-state index in [2.05, 4.69) is 24.6 Å². The minimum atomic E-state index is -4.95. The molecule has 0 aliphatic carbocycles. The van der Waals surface area contributed by atoms with E-state index in [4.69, 9.17) is 15.4 Å². The maximum atomic E-state index is 13.2. The normalized spacial score (nSPS) is 12.2. The SMILES string of the molecule is CC(C)Oc1ccc(-c2nsc(Nc3nccc(C(F)(F)F)c3S(=O)(=O)Cl)n2)nc1. The van der Waals surface area contributed by atoms with Crippen molar-refractivity contribution >= 4 is 42.2 Å². The van der Waals surface area contributed by atoms with Gasteiger partial charge in [-0.05, 0) is 32.0 Å². The first kappa shape index (κ1) is 22.2. The molecule has 0 amide bonds. The highest BCUT2D eigenvalue weighted by Crippen LogP contribution is 2.39. The van der Waals surface area contributed by atoms with Crippen LogP contribution >= 0.6 is 22.2 Å². The van der Waals surface area contributed by atoms with Gasteiger partial charge in [-0.2, -0.15) is 22.5 Å². The van der Waals surface area contributed by atoms with E-state index in [0.29, 0.717) is 17.5 Å². The van der Waals surface area contributed by atoms with Gasteiger partial charge in [0.1, 0.15) is 16.3 Å². The molecule has 0 saturated heterocycles. The van der Waals surface area contributed by atoms with Gasteiger partial charge in [0.25, 0.3) is 9.05 Å². The van der Waals surface area contributed by atoms with E-state index in [1.165, 1.54) is 6.20 Å². The molecule has 8 nitrogen and oxygen atoms in total. The second-order valence-electron chi connectivity index (χ2n) is 6.07. The van der Waals surface area contributed by atoms with Crippen LogP contribution in [0, 0.1) is 0 Å². The average molecular weight is 480 g/mol. The van der Waals surface area contributed by atoms with Crippen LogP contribution in [-0.2, 0) is 15.2 Å². The molecule has 1 N–H and O–H groups in total. The number of nitrogens with zero attached hydrogens (tertiary/aromatic N) is 4. The Labute approximate surface area is 177 Å². The Hall–Kier alpha value is -2.51. The number of halogens is 4. The zero-order valence-corrected chi connectivity index (χ0v) is 17.7. The molecule has 3 aromatic heterocycles. The lowest BCUT2D eigenvalue weighted by atomic mass is 10.2. The summed E-state index contributed by atoms with van der Waals surface area (Å²) in [7, 11) is 0.461. The first-order valence-corrected chi connectivity index (χ1v) is 11.3. The molecule has 0 aliphatic rings. The molecular weight excluding hydrogens is 467 g/mol. The van der Waals surface area contributed by atoms with E-state index in [1.807, 2.05) is 13.8 Å². The number of nitrogens with one attached hydrogen (secondary N) is 1. The number of aromatic nitrogens is 4. The van der Waals surface area contributed by atoms with E-state index in [0.717, 1.165) is 17.7 Å². The number of pyridine rings is 2. The highest BCUT2D eigenvalue weighted by Gasteiger charge is 2.39. The van der Waals surface area contributed by atoms with Crippen LogP contribution in [0.4, 0.5) is 24.1 Å². The van der Waals surface area contributed by atoms with Crippen molar-refractivity contribution in [1.29, 1.82) is 0 Å². The van der Waals surface area contributed by atoms with Crippen molar-refractivity contribution in [1.82, 2.24) is 19.3 Å². The van der Waals surface area contributed by atoms with Crippen LogP contribution in [0.3, 0.4) is 0 Å². The molecule has 0 atom stereocenters. The average Bonchev–Trinajstić information content (AvgIpc) is 3.08. The van der Waals surface area contributed by atoms with Gasteiger partial charge in [-0.3, -0.25) is 0 Å². The van der Waals surface area contributed by atoms with Gasteiger partial charge in [-0.25, -0.2) is 18.4 Å². The van der Waals surface area contributed by atoms with Crippen molar-refractivity contribution < 1.29 is 26.3 Å². The Morgan fingerprint density at radius 2 is 1.93 bits per heavy atom. The molecule has 0 aromatic carbocycles. The number of rotatable bonds is 6. The summed E-state index contributed by atoms with van der Waals surface area (Å²) in [6.45, 7) is 3.73. The van der Waals surface area contributed by atoms with Crippen LogP contribution in [0.1, 0.15) is 19.4 Å². The first-order valence-electron chi connectivity index (χ1n) is 8.20. The molecule has 14 heteroatoms. The molecular formula is C16H13ClF3N5O3S2. The fraction of sp³-hybridized carbons (Fsp3) is 0.250.